The van der Waals surface area contributed by atoms with Gasteiger partial charge in [0.15, 0.2) is 0 Å². The molecular weight excluding hydrogens is 260 g/mol. The number of carbonyl (C=O) groups excluding carboxylic acids is 1. The summed E-state index contributed by atoms with van der Waals surface area (Å²) in [5.74, 6) is -0.149. The van der Waals surface area contributed by atoms with Crippen molar-refractivity contribution in [2.24, 2.45) is 0 Å². The van der Waals surface area contributed by atoms with Gasteiger partial charge in [0.05, 0.1) is 18.5 Å². The first-order valence-electron chi connectivity index (χ1n) is 6.30. The lowest BCUT2D eigenvalue weighted by Crippen LogP contribution is -2.30. The Morgan fingerprint density at radius 3 is 3.00 bits per heavy atom. The fourth-order valence-electron chi connectivity index (χ4n) is 1.76. The number of fused-ring (bicyclic) bond motifs is 1. The Labute approximate surface area is 115 Å². The van der Waals surface area contributed by atoms with E-state index in [1.165, 1.54) is 4.68 Å². The lowest BCUT2D eigenvalue weighted by molar-refractivity contribution is -0.121. The molecule has 0 aliphatic heterocycles. The number of amides is 1. The van der Waals surface area contributed by atoms with Crippen LogP contribution in [-0.4, -0.2) is 41.2 Å². The molecular formula is C13H16N4O3. The maximum atomic E-state index is 12.1. The molecule has 1 amide bonds. The van der Waals surface area contributed by atoms with Crippen molar-refractivity contribution in [3.63, 3.8) is 0 Å². The summed E-state index contributed by atoms with van der Waals surface area (Å²) in [6.07, 6.45) is 0.177. The Kier molecular flexibility index (Phi) is 4.78. The van der Waals surface area contributed by atoms with E-state index in [4.69, 9.17) is 4.74 Å². The van der Waals surface area contributed by atoms with E-state index in [0.717, 1.165) is 0 Å². The third kappa shape index (κ3) is 3.39. The summed E-state index contributed by atoms with van der Waals surface area (Å²) >= 11 is 0. The molecule has 0 bridgehead atoms. The molecule has 1 heterocycles. The summed E-state index contributed by atoms with van der Waals surface area (Å²) < 4.78 is 6.04. The lowest BCUT2D eigenvalue weighted by Gasteiger charge is -2.06. The van der Waals surface area contributed by atoms with Gasteiger partial charge in [-0.15, -0.1) is 5.10 Å². The average molecular weight is 276 g/mol. The summed E-state index contributed by atoms with van der Waals surface area (Å²) in [5.41, 5.74) is 0.318. The van der Waals surface area contributed by atoms with Crippen molar-refractivity contribution in [1.29, 1.82) is 0 Å². The molecule has 20 heavy (non-hydrogen) atoms. The summed E-state index contributed by atoms with van der Waals surface area (Å²) in [6, 6.07) is 6.99. The number of aryl methyl sites for hydroxylation is 1. The van der Waals surface area contributed by atoms with Gasteiger partial charge < -0.3 is 10.1 Å². The number of carbonyl (C=O) groups is 1. The van der Waals surface area contributed by atoms with Gasteiger partial charge in [-0.3, -0.25) is 9.59 Å². The zero-order valence-corrected chi connectivity index (χ0v) is 11.2. The second-order valence-electron chi connectivity index (χ2n) is 4.23. The van der Waals surface area contributed by atoms with E-state index in [9.17, 15) is 9.59 Å². The van der Waals surface area contributed by atoms with Crippen LogP contribution in [0, 0.1) is 0 Å². The predicted molar refractivity (Wildman–Crippen MR) is 73.3 cm³/mol. The van der Waals surface area contributed by atoms with Gasteiger partial charge in [-0.25, -0.2) is 4.68 Å². The van der Waals surface area contributed by atoms with Gasteiger partial charge in [-0.2, -0.15) is 0 Å². The van der Waals surface area contributed by atoms with E-state index in [-0.39, 0.29) is 24.4 Å². The Morgan fingerprint density at radius 1 is 1.40 bits per heavy atom. The fraction of sp³-hybridized carbons (Fsp3) is 0.385. The van der Waals surface area contributed by atoms with Gasteiger partial charge in [0.1, 0.15) is 5.52 Å². The van der Waals surface area contributed by atoms with Crippen LogP contribution < -0.4 is 10.9 Å². The van der Waals surface area contributed by atoms with Gasteiger partial charge in [0, 0.05) is 20.1 Å². The second kappa shape index (κ2) is 6.76. The average Bonchev–Trinajstić information content (AvgIpc) is 2.47. The van der Waals surface area contributed by atoms with Crippen LogP contribution in [0.25, 0.3) is 10.9 Å². The standard InChI is InChI=1S/C13H16N4O3/c1-20-9-7-14-12(18)6-8-17-13(19)10-4-2-3-5-11(10)15-16-17/h2-5H,6-9H2,1H3,(H,14,18). The monoisotopic (exact) mass is 276 g/mol. The molecule has 1 N–H and O–H groups in total. The topological polar surface area (TPSA) is 86.1 Å². The molecule has 7 nitrogen and oxygen atoms in total. The Hall–Kier alpha value is -2.28. The Balaban J connectivity index is 2.02. The fourth-order valence-corrected chi connectivity index (χ4v) is 1.76. The molecule has 1 aromatic heterocycles. The highest BCUT2D eigenvalue weighted by Crippen LogP contribution is 2.03. The van der Waals surface area contributed by atoms with Crippen molar-refractivity contribution in [3.8, 4) is 0 Å². The van der Waals surface area contributed by atoms with Crippen molar-refractivity contribution in [1.82, 2.24) is 20.3 Å². The van der Waals surface area contributed by atoms with Crippen molar-refractivity contribution < 1.29 is 9.53 Å². The van der Waals surface area contributed by atoms with Crippen molar-refractivity contribution in [2.45, 2.75) is 13.0 Å². The zero-order chi connectivity index (χ0) is 14.4. The van der Waals surface area contributed by atoms with Crippen LogP contribution in [0.4, 0.5) is 0 Å². The van der Waals surface area contributed by atoms with Crippen molar-refractivity contribution in [2.75, 3.05) is 20.3 Å². The minimum Gasteiger partial charge on any atom is -0.383 e. The predicted octanol–water partition coefficient (Wildman–Crippen LogP) is -0.0558. The summed E-state index contributed by atoms with van der Waals surface area (Å²) in [6.45, 7) is 1.12. The number of hydrogen-bond donors (Lipinski definition) is 1. The number of methoxy groups -OCH3 is 1. The minimum absolute atomic E-state index is 0.149. The van der Waals surface area contributed by atoms with E-state index >= 15 is 0 Å². The highest BCUT2D eigenvalue weighted by molar-refractivity contribution is 5.77. The quantitative estimate of drug-likeness (QED) is 0.747. The normalized spacial score (nSPS) is 10.7. The summed E-state index contributed by atoms with van der Waals surface area (Å²) in [4.78, 5) is 23.6. The van der Waals surface area contributed by atoms with Crippen LogP contribution in [0.5, 0.6) is 0 Å². The number of ether oxygens (including phenoxy) is 1. The summed E-state index contributed by atoms with van der Waals surface area (Å²) in [5, 5.41) is 11.0. The third-order valence-electron chi connectivity index (χ3n) is 2.81. The van der Waals surface area contributed by atoms with Gasteiger partial charge in [-0.1, -0.05) is 17.3 Å². The zero-order valence-electron chi connectivity index (χ0n) is 11.2. The van der Waals surface area contributed by atoms with Crippen LogP contribution in [-0.2, 0) is 16.1 Å². The molecule has 1 aromatic carbocycles. The second-order valence-corrected chi connectivity index (χ2v) is 4.23. The van der Waals surface area contributed by atoms with Gasteiger partial charge in [-0.05, 0) is 12.1 Å². The molecule has 0 unspecified atom stereocenters. The number of nitrogens with one attached hydrogen (secondary N) is 1. The number of benzene rings is 1. The first kappa shape index (κ1) is 14.1. The summed E-state index contributed by atoms with van der Waals surface area (Å²) in [7, 11) is 1.57. The molecule has 0 spiro atoms. The van der Waals surface area contributed by atoms with Gasteiger partial charge in [0.2, 0.25) is 5.91 Å². The molecule has 0 atom stereocenters. The molecule has 0 fully saturated rings. The molecule has 0 saturated heterocycles. The Bertz CT molecular complexity index is 653. The van der Waals surface area contributed by atoms with Crippen LogP contribution in [0.1, 0.15) is 6.42 Å². The first-order valence-corrected chi connectivity index (χ1v) is 6.30. The highest BCUT2D eigenvalue weighted by atomic mass is 16.5. The van der Waals surface area contributed by atoms with E-state index in [1.54, 1.807) is 31.4 Å². The van der Waals surface area contributed by atoms with Crippen molar-refractivity contribution in [3.05, 3.63) is 34.6 Å². The molecule has 0 radical (unpaired) electrons. The maximum Gasteiger partial charge on any atom is 0.277 e. The number of nitrogens with zero attached hydrogens (tertiary/aromatic N) is 3. The van der Waals surface area contributed by atoms with Gasteiger partial charge in [0.25, 0.3) is 5.56 Å². The molecule has 2 rings (SSSR count). The smallest absolute Gasteiger partial charge is 0.277 e. The first-order chi connectivity index (χ1) is 9.72. The Morgan fingerprint density at radius 2 is 2.20 bits per heavy atom. The molecule has 7 heteroatoms. The van der Waals surface area contributed by atoms with Gasteiger partial charge >= 0.3 is 0 Å². The molecule has 2 aromatic rings. The van der Waals surface area contributed by atoms with E-state index in [0.29, 0.717) is 24.1 Å². The number of rotatable bonds is 6. The highest BCUT2D eigenvalue weighted by Gasteiger charge is 2.07. The lowest BCUT2D eigenvalue weighted by atomic mass is 10.2. The molecule has 0 aliphatic carbocycles. The largest absolute Gasteiger partial charge is 0.383 e. The number of aromatic nitrogens is 3. The molecule has 0 saturated carbocycles. The van der Waals surface area contributed by atoms with E-state index < -0.39 is 0 Å². The minimum atomic E-state index is -0.236. The van der Waals surface area contributed by atoms with Crippen LogP contribution in [0.2, 0.25) is 0 Å². The van der Waals surface area contributed by atoms with Crippen molar-refractivity contribution >= 4 is 16.8 Å². The third-order valence-corrected chi connectivity index (χ3v) is 2.81. The number of hydrogen-bond acceptors (Lipinski definition) is 5. The SMILES string of the molecule is COCCNC(=O)CCn1nnc2ccccc2c1=O. The van der Waals surface area contributed by atoms with E-state index in [2.05, 4.69) is 15.6 Å². The molecule has 0 aliphatic rings. The maximum absolute atomic E-state index is 12.1. The van der Waals surface area contributed by atoms with Crippen LogP contribution in [0.3, 0.4) is 0 Å². The van der Waals surface area contributed by atoms with E-state index in [1.807, 2.05) is 0 Å². The molecule has 106 valence electrons. The van der Waals surface area contributed by atoms with Crippen LogP contribution in [0.15, 0.2) is 29.1 Å². The van der Waals surface area contributed by atoms with Crippen LogP contribution >= 0.6 is 0 Å².